The Labute approximate surface area is 169 Å². The molecule has 1 aliphatic heterocycles. The van der Waals surface area contributed by atoms with Crippen LogP contribution in [0.5, 0.6) is 0 Å². The fourth-order valence-electron chi connectivity index (χ4n) is 3.37. The van der Waals surface area contributed by atoms with E-state index < -0.39 is 10.0 Å². The molecule has 0 saturated carbocycles. The molecule has 0 unspecified atom stereocenters. The topological polar surface area (TPSA) is 61.1 Å². The van der Waals surface area contributed by atoms with Crippen LogP contribution in [0.2, 0.25) is 0 Å². The number of para-hydroxylation sites is 1. The van der Waals surface area contributed by atoms with Crippen LogP contribution in [0.15, 0.2) is 77.7 Å². The number of hydrogen-bond acceptors (Lipinski definition) is 3. The van der Waals surface area contributed by atoms with Gasteiger partial charge in [-0.1, -0.05) is 60.7 Å². The largest absolute Gasteiger partial charge is 0.572 e. The Balaban J connectivity index is 0.00000180. The molecule has 128 valence electrons. The van der Waals surface area contributed by atoms with Crippen LogP contribution in [0, 0.1) is 0 Å². The molecule has 0 amide bonds. The van der Waals surface area contributed by atoms with Crippen LogP contribution >= 0.6 is 0 Å². The monoisotopic (exact) mass is 421 g/mol. The maximum atomic E-state index is 12.6. The molecule has 27 heavy (non-hydrogen) atoms. The molecular formula is C21H13N2O2SZn-. The van der Waals surface area contributed by atoms with Gasteiger partial charge in [-0.3, -0.25) is 0 Å². The maximum Gasteiger partial charge on any atom is 0.123 e. The van der Waals surface area contributed by atoms with Gasteiger partial charge in [0.15, 0.2) is 0 Å². The van der Waals surface area contributed by atoms with E-state index in [1.54, 1.807) is 18.2 Å². The van der Waals surface area contributed by atoms with Crippen molar-refractivity contribution < 1.29 is 27.9 Å². The molecule has 4 aromatic rings. The van der Waals surface area contributed by atoms with E-state index in [2.05, 4.69) is 9.71 Å². The van der Waals surface area contributed by atoms with Crippen LogP contribution < -0.4 is 0 Å². The first kappa shape index (κ1) is 17.8. The summed E-state index contributed by atoms with van der Waals surface area (Å²) in [5, 5.41) is 2.64. The molecule has 6 heteroatoms. The number of benzene rings is 3. The van der Waals surface area contributed by atoms with Crippen LogP contribution in [-0.4, -0.2) is 13.4 Å². The van der Waals surface area contributed by atoms with Gasteiger partial charge < -0.3 is 4.72 Å². The van der Waals surface area contributed by atoms with Crippen molar-refractivity contribution in [2.75, 3.05) is 0 Å². The second kappa shape index (κ2) is 6.56. The number of rotatable bonds is 1. The van der Waals surface area contributed by atoms with Gasteiger partial charge in [-0.25, -0.2) is 13.4 Å². The van der Waals surface area contributed by atoms with Crippen LogP contribution in [0.3, 0.4) is 0 Å². The predicted octanol–water partition coefficient (Wildman–Crippen LogP) is 4.96. The van der Waals surface area contributed by atoms with E-state index >= 15 is 0 Å². The Morgan fingerprint density at radius 2 is 1.56 bits per heavy atom. The minimum absolute atomic E-state index is 0. The van der Waals surface area contributed by atoms with Crippen molar-refractivity contribution in [3.8, 4) is 0 Å². The Hall–Kier alpha value is -2.56. The summed E-state index contributed by atoms with van der Waals surface area (Å²) in [6.07, 6.45) is 1.73. The van der Waals surface area contributed by atoms with Crippen LogP contribution in [-0.2, 0) is 29.5 Å². The Morgan fingerprint density at radius 3 is 2.41 bits per heavy atom. The number of sulfonamides is 1. The van der Waals surface area contributed by atoms with Gasteiger partial charge in [0.25, 0.3) is 0 Å². The summed E-state index contributed by atoms with van der Waals surface area (Å²) in [7, 11) is -3.73. The zero-order valence-corrected chi connectivity index (χ0v) is 18.1. The second-order valence-electron chi connectivity index (χ2n) is 6.18. The first-order valence-corrected chi connectivity index (χ1v) is 9.63. The van der Waals surface area contributed by atoms with Crippen molar-refractivity contribution in [3.63, 3.8) is 0 Å². The molecule has 0 fully saturated rings. The van der Waals surface area contributed by atoms with E-state index in [-0.39, 0.29) is 24.4 Å². The van der Waals surface area contributed by atoms with E-state index in [0.29, 0.717) is 11.4 Å². The third kappa shape index (κ3) is 2.95. The van der Waals surface area contributed by atoms with Gasteiger partial charge in [0.1, 0.15) is 10.0 Å². The van der Waals surface area contributed by atoms with Gasteiger partial charge in [0.05, 0.1) is 16.1 Å². The number of pyridine rings is 1. The third-order valence-electron chi connectivity index (χ3n) is 4.54. The number of hydrogen-bond donors (Lipinski definition) is 0. The molecule has 0 bridgehead atoms. The van der Waals surface area contributed by atoms with E-state index in [9.17, 15) is 8.42 Å². The van der Waals surface area contributed by atoms with Gasteiger partial charge in [-0.05, 0) is 29.1 Å². The quantitative estimate of drug-likeness (QED) is 0.407. The Morgan fingerprint density at radius 1 is 0.815 bits per heavy atom. The molecule has 0 spiro atoms. The molecule has 0 radical (unpaired) electrons. The molecule has 1 aliphatic rings. The molecule has 3 aromatic carbocycles. The zero-order valence-electron chi connectivity index (χ0n) is 14.3. The summed E-state index contributed by atoms with van der Waals surface area (Å²) in [6, 6.07) is 22.6. The minimum atomic E-state index is -3.73. The van der Waals surface area contributed by atoms with Crippen molar-refractivity contribution >= 4 is 43.5 Å². The Bertz CT molecular complexity index is 1330. The summed E-state index contributed by atoms with van der Waals surface area (Å²) in [6.45, 7) is 0. The van der Waals surface area contributed by atoms with Crippen LogP contribution in [0.25, 0.3) is 38.2 Å². The molecule has 1 aromatic heterocycles. The average molecular weight is 423 g/mol. The predicted molar refractivity (Wildman–Crippen MR) is 104 cm³/mol. The fraction of sp³-hybridized carbons (Fsp3) is 0. The molecule has 0 N–H and O–H groups in total. The molecule has 2 heterocycles. The van der Waals surface area contributed by atoms with E-state index in [1.807, 2.05) is 60.7 Å². The van der Waals surface area contributed by atoms with Crippen molar-refractivity contribution in [3.05, 3.63) is 88.8 Å². The van der Waals surface area contributed by atoms with Crippen molar-refractivity contribution in [2.24, 2.45) is 0 Å². The maximum absolute atomic E-state index is 12.6. The smallest absolute Gasteiger partial charge is 0.123 e. The van der Waals surface area contributed by atoms with E-state index in [4.69, 9.17) is 0 Å². The summed E-state index contributed by atoms with van der Waals surface area (Å²) < 4.78 is 29.3. The first-order valence-electron chi connectivity index (χ1n) is 8.19. The molecule has 0 atom stereocenters. The normalized spacial score (nSPS) is 16.1. The average Bonchev–Trinajstić information content (AvgIpc) is 2.65. The molecule has 0 aliphatic carbocycles. The standard InChI is InChI=1S/C21H13N2O2S.Zn/c24-26(25)20-10-4-7-15-6-3-8-17(21(15)20)19(23-26)13-16-12-11-14-5-1-2-9-18(14)22-16;/h1-13H;/q-1;/b19-13-;. The molecule has 4 nitrogen and oxygen atoms in total. The fourth-order valence-corrected chi connectivity index (χ4v) is 4.61. The third-order valence-corrected chi connectivity index (χ3v) is 5.88. The summed E-state index contributed by atoms with van der Waals surface area (Å²) >= 11 is 0. The van der Waals surface area contributed by atoms with Gasteiger partial charge >= 0.3 is 0 Å². The van der Waals surface area contributed by atoms with Crippen molar-refractivity contribution in [1.29, 1.82) is 0 Å². The zero-order chi connectivity index (χ0) is 17.7. The summed E-state index contributed by atoms with van der Waals surface area (Å²) in [4.78, 5) is 4.86. The van der Waals surface area contributed by atoms with E-state index in [1.165, 1.54) is 0 Å². The number of aromatic nitrogens is 1. The number of nitrogens with zero attached hydrogens (tertiary/aromatic N) is 2. The SMILES string of the molecule is O=S1(=O)[N-]/C(=C\c2ccc3ccccc3n2)c2cccc3cccc1c23.[Zn]. The molecular weight excluding hydrogens is 410 g/mol. The van der Waals surface area contributed by atoms with Crippen LogP contribution in [0.1, 0.15) is 11.3 Å². The molecule has 0 saturated heterocycles. The van der Waals surface area contributed by atoms with Gasteiger partial charge in [-0.15, -0.1) is 5.70 Å². The van der Waals surface area contributed by atoms with Gasteiger partial charge in [0.2, 0.25) is 0 Å². The Kier molecular flexibility index (Phi) is 4.33. The van der Waals surface area contributed by atoms with Gasteiger partial charge in [-0.2, -0.15) is 0 Å². The minimum Gasteiger partial charge on any atom is -0.572 e. The van der Waals surface area contributed by atoms with E-state index in [0.717, 1.165) is 27.2 Å². The number of fused-ring (bicyclic) bond motifs is 1. The van der Waals surface area contributed by atoms with Crippen molar-refractivity contribution in [1.82, 2.24) is 4.98 Å². The molecule has 5 rings (SSSR count). The van der Waals surface area contributed by atoms with Crippen molar-refractivity contribution in [2.45, 2.75) is 4.90 Å². The second-order valence-corrected chi connectivity index (χ2v) is 7.76. The summed E-state index contributed by atoms with van der Waals surface area (Å²) in [5.41, 5.74) is 2.76. The van der Waals surface area contributed by atoms with Gasteiger partial charge in [0, 0.05) is 30.3 Å². The van der Waals surface area contributed by atoms with Crippen LogP contribution in [0.4, 0.5) is 0 Å². The summed E-state index contributed by atoms with van der Waals surface area (Å²) in [5.74, 6) is 0. The first-order chi connectivity index (χ1) is 12.6.